The lowest BCUT2D eigenvalue weighted by Crippen LogP contribution is -2.01. The zero-order chi connectivity index (χ0) is 13.7. The van der Waals surface area contributed by atoms with Crippen molar-refractivity contribution < 1.29 is 4.74 Å². The molecule has 0 amide bonds. The Kier molecular flexibility index (Phi) is 5.05. The van der Waals surface area contributed by atoms with Gasteiger partial charge in [-0.1, -0.05) is 27.5 Å². The van der Waals surface area contributed by atoms with Crippen molar-refractivity contribution in [2.75, 3.05) is 11.9 Å². The SMILES string of the molecule is CCOc1ccc(NCc2cc(Cl)ccc2Br)cn1. The van der Waals surface area contributed by atoms with E-state index < -0.39 is 0 Å². The lowest BCUT2D eigenvalue weighted by Gasteiger charge is -2.09. The van der Waals surface area contributed by atoms with Crippen molar-refractivity contribution in [2.45, 2.75) is 13.5 Å². The highest BCUT2D eigenvalue weighted by Crippen LogP contribution is 2.22. The molecule has 0 radical (unpaired) electrons. The molecule has 1 aromatic heterocycles. The number of benzene rings is 1. The van der Waals surface area contributed by atoms with Gasteiger partial charge in [0, 0.05) is 22.1 Å². The summed E-state index contributed by atoms with van der Waals surface area (Å²) in [5, 5.41) is 4.02. The van der Waals surface area contributed by atoms with Crippen LogP contribution in [0.3, 0.4) is 0 Å². The maximum Gasteiger partial charge on any atom is 0.213 e. The summed E-state index contributed by atoms with van der Waals surface area (Å²) in [6.07, 6.45) is 1.75. The number of aromatic nitrogens is 1. The van der Waals surface area contributed by atoms with Crippen LogP contribution in [0.25, 0.3) is 0 Å². The molecule has 100 valence electrons. The first-order valence-electron chi connectivity index (χ1n) is 5.95. The molecule has 0 unspecified atom stereocenters. The summed E-state index contributed by atoms with van der Waals surface area (Å²) >= 11 is 9.48. The molecule has 0 fully saturated rings. The molecule has 0 atom stereocenters. The average Bonchev–Trinajstić information content (AvgIpc) is 2.42. The number of nitrogens with one attached hydrogen (secondary N) is 1. The Bertz CT molecular complexity index is 546. The van der Waals surface area contributed by atoms with E-state index in [9.17, 15) is 0 Å². The Morgan fingerprint density at radius 1 is 1.32 bits per heavy atom. The smallest absolute Gasteiger partial charge is 0.213 e. The van der Waals surface area contributed by atoms with Crippen molar-refractivity contribution in [3.05, 3.63) is 51.6 Å². The summed E-state index contributed by atoms with van der Waals surface area (Å²) in [7, 11) is 0. The van der Waals surface area contributed by atoms with E-state index in [1.165, 1.54) is 0 Å². The van der Waals surface area contributed by atoms with Crippen LogP contribution >= 0.6 is 27.5 Å². The largest absolute Gasteiger partial charge is 0.478 e. The topological polar surface area (TPSA) is 34.1 Å². The monoisotopic (exact) mass is 340 g/mol. The first-order chi connectivity index (χ1) is 9.19. The van der Waals surface area contributed by atoms with E-state index in [1.807, 2.05) is 37.3 Å². The van der Waals surface area contributed by atoms with Crippen LogP contribution in [0.15, 0.2) is 41.0 Å². The summed E-state index contributed by atoms with van der Waals surface area (Å²) in [5.74, 6) is 0.636. The minimum absolute atomic E-state index is 0.620. The third-order valence-electron chi connectivity index (χ3n) is 2.52. The van der Waals surface area contributed by atoms with E-state index in [4.69, 9.17) is 16.3 Å². The van der Waals surface area contributed by atoms with Gasteiger partial charge in [-0.25, -0.2) is 4.98 Å². The van der Waals surface area contributed by atoms with Gasteiger partial charge >= 0.3 is 0 Å². The van der Waals surface area contributed by atoms with Crippen LogP contribution in [0.1, 0.15) is 12.5 Å². The molecule has 0 aliphatic rings. The first kappa shape index (κ1) is 14.2. The van der Waals surface area contributed by atoms with Crippen molar-refractivity contribution in [2.24, 2.45) is 0 Å². The van der Waals surface area contributed by atoms with Crippen molar-refractivity contribution in [3.8, 4) is 5.88 Å². The Labute approximate surface area is 126 Å². The number of anilines is 1. The minimum Gasteiger partial charge on any atom is -0.478 e. The molecule has 5 heteroatoms. The normalized spacial score (nSPS) is 10.3. The molecular weight excluding hydrogens is 328 g/mol. The number of halogens is 2. The fourth-order valence-corrected chi connectivity index (χ4v) is 2.18. The molecule has 0 aliphatic carbocycles. The summed E-state index contributed by atoms with van der Waals surface area (Å²) in [6, 6.07) is 9.51. The standard InChI is InChI=1S/C14H14BrClN2O/c1-2-19-14-6-4-12(9-18-14)17-8-10-7-11(16)3-5-13(10)15/h3-7,9,17H,2,8H2,1H3. The van der Waals surface area contributed by atoms with E-state index in [-0.39, 0.29) is 0 Å². The quantitative estimate of drug-likeness (QED) is 0.869. The summed E-state index contributed by atoms with van der Waals surface area (Å²) in [5.41, 5.74) is 2.04. The van der Waals surface area contributed by atoms with Crippen LogP contribution < -0.4 is 10.1 Å². The zero-order valence-electron chi connectivity index (χ0n) is 10.5. The predicted molar refractivity (Wildman–Crippen MR) is 81.9 cm³/mol. The molecule has 2 rings (SSSR count). The number of hydrogen-bond acceptors (Lipinski definition) is 3. The molecule has 0 bridgehead atoms. The van der Waals surface area contributed by atoms with Gasteiger partial charge in [0.2, 0.25) is 5.88 Å². The Hall–Kier alpha value is -1.26. The van der Waals surface area contributed by atoms with Crippen LogP contribution in [0, 0.1) is 0 Å². The molecule has 1 aromatic carbocycles. The van der Waals surface area contributed by atoms with E-state index in [0.717, 1.165) is 20.7 Å². The van der Waals surface area contributed by atoms with Crippen LogP contribution in [0.2, 0.25) is 5.02 Å². The fraction of sp³-hybridized carbons (Fsp3) is 0.214. The first-order valence-corrected chi connectivity index (χ1v) is 7.13. The molecule has 1 heterocycles. The van der Waals surface area contributed by atoms with Crippen LogP contribution in [0.5, 0.6) is 5.88 Å². The predicted octanol–water partition coefficient (Wildman–Crippen LogP) is 4.51. The molecule has 1 N–H and O–H groups in total. The highest BCUT2D eigenvalue weighted by atomic mass is 79.9. The molecule has 19 heavy (non-hydrogen) atoms. The van der Waals surface area contributed by atoms with Gasteiger partial charge in [0.05, 0.1) is 18.5 Å². The maximum atomic E-state index is 5.98. The van der Waals surface area contributed by atoms with Crippen molar-refractivity contribution in [1.82, 2.24) is 4.98 Å². The average molecular weight is 342 g/mol. The Balaban J connectivity index is 2.00. The van der Waals surface area contributed by atoms with Gasteiger partial charge in [-0.2, -0.15) is 0 Å². The third kappa shape index (κ3) is 4.11. The highest BCUT2D eigenvalue weighted by Gasteiger charge is 2.01. The fourth-order valence-electron chi connectivity index (χ4n) is 1.59. The third-order valence-corrected chi connectivity index (χ3v) is 3.53. The minimum atomic E-state index is 0.620. The van der Waals surface area contributed by atoms with E-state index >= 15 is 0 Å². The van der Waals surface area contributed by atoms with Gasteiger partial charge < -0.3 is 10.1 Å². The molecule has 0 saturated heterocycles. The second-order valence-corrected chi connectivity index (χ2v) is 5.20. The van der Waals surface area contributed by atoms with Gasteiger partial charge in [0.15, 0.2) is 0 Å². The van der Waals surface area contributed by atoms with Crippen LogP contribution in [-0.2, 0) is 6.54 Å². The zero-order valence-corrected chi connectivity index (χ0v) is 12.8. The summed E-state index contributed by atoms with van der Waals surface area (Å²) < 4.78 is 6.33. The second kappa shape index (κ2) is 6.78. The van der Waals surface area contributed by atoms with Crippen molar-refractivity contribution >= 4 is 33.2 Å². The molecule has 0 spiro atoms. The molecular formula is C14H14BrClN2O. The van der Waals surface area contributed by atoms with E-state index in [1.54, 1.807) is 6.20 Å². The molecule has 0 saturated carbocycles. The maximum absolute atomic E-state index is 5.98. The van der Waals surface area contributed by atoms with Gasteiger partial charge in [0.1, 0.15) is 0 Å². The number of hydrogen-bond donors (Lipinski definition) is 1. The summed E-state index contributed by atoms with van der Waals surface area (Å²) in [6.45, 7) is 3.23. The van der Waals surface area contributed by atoms with Gasteiger partial charge in [-0.3, -0.25) is 0 Å². The number of rotatable bonds is 5. The molecule has 2 aromatic rings. The highest BCUT2D eigenvalue weighted by molar-refractivity contribution is 9.10. The van der Waals surface area contributed by atoms with Gasteiger partial charge in [-0.15, -0.1) is 0 Å². The lowest BCUT2D eigenvalue weighted by atomic mass is 10.2. The summed E-state index contributed by atoms with van der Waals surface area (Å²) in [4.78, 5) is 4.20. The molecule has 3 nitrogen and oxygen atoms in total. The van der Waals surface area contributed by atoms with Crippen molar-refractivity contribution in [3.63, 3.8) is 0 Å². The van der Waals surface area contributed by atoms with E-state index in [2.05, 4.69) is 26.2 Å². The number of nitrogens with zero attached hydrogens (tertiary/aromatic N) is 1. The Morgan fingerprint density at radius 2 is 2.16 bits per heavy atom. The number of pyridine rings is 1. The van der Waals surface area contributed by atoms with Crippen LogP contribution in [0.4, 0.5) is 5.69 Å². The lowest BCUT2D eigenvalue weighted by molar-refractivity contribution is 0.327. The second-order valence-electron chi connectivity index (χ2n) is 3.91. The van der Waals surface area contributed by atoms with Gasteiger partial charge in [-0.05, 0) is 36.8 Å². The number of ether oxygens (including phenoxy) is 1. The van der Waals surface area contributed by atoms with Crippen LogP contribution in [-0.4, -0.2) is 11.6 Å². The van der Waals surface area contributed by atoms with E-state index in [0.29, 0.717) is 19.0 Å². The van der Waals surface area contributed by atoms with Gasteiger partial charge in [0.25, 0.3) is 0 Å². The molecule has 0 aliphatic heterocycles. The Morgan fingerprint density at radius 3 is 2.84 bits per heavy atom. The van der Waals surface area contributed by atoms with Crippen molar-refractivity contribution in [1.29, 1.82) is 0 Å².